The normalized spacial score (nSPS) is 12.2. The van der Waals surface area contributed by atoms with Gasteiger partial charge in [0.1, 0.15) is 17.6 Å². The van der Waals surface area contributed by atoms with Crippen molar-refractivity contribution in [1.82, 2.24) is 5.32 Å². The third-order valence-corrected chi connectivity index (χ3v) is 2.68. The molecule has 1 aromatic rings. The highest BCUT2D eigenvalue weighted by molar-refractivity contribution is 5.31. The van der Waals surface area contributed by atoms with Crippen LogP contribution < -0.4 is 14.8 Å². The van der Waals surface area contributed by atoms with Crippen molar-refractivity contribution in [2.24, 2.45) is 0 Å². The first kappa shape index (κ1) is 14.8. The van der Waals surface area contributed by atoms with E-state index in [2.05, 4.69) is 26.1 Å². The Balaban J connectivity index is 2.45. The Morgan fingerprint density at radius 1 is 1.06 bits per heavy atom. The summed E-state index contributed by atoms with van der Waals surface area (Å²) >= 11 is 0. The van der Waals surface area contributed by atoms with Crippen LogP contribution in [0.1, 0.15) is 33.6 Å². The first-order valence-electron chi connectivity index (χ1n) is 6.90. The van der Waals surface area contributed by atoms with Crippen LogP contribution >= 0.6 is 0 Å². The van der Waals surface area contributed by atoms with Gasteiger partial charge in [-0.15, -0.1) is 0 Å². The zero-order valence-electron chi connectivity index (χ0n) is 11.7. The van der Waals surface area contributed by atoms with Gasteiger partial charge in [0.2, 0.25) is 0 Å². The molecule has 102 valence electrons. The Hall–Kier alpha value is -1.22. The number of hydrogen-bond acceptors (Lipinski definition) is 3. The summed E-state index contributed by atoms with van der Waals surface area (Å²) in [5, 5.41) is 3.31. The molecule has 0 heterocycles. The fourth-order valence-electron chi connectivity index (χ4n) is 1.60. The number of nitrogens with one attached hydrogen (secondary N) is 1. The first-order valence-corrected chi connectivity index (χ1v) is 6.90. The maximum absolute atomic E-state index is 5.91. The minimum absolute atomic E-state index is 0.229. The molecule has 0 amide bonds. The largest absolute Gasteiger partial charge is 0.494 e. The fourth-order valence-corrected chi connectivity index (χ4v) is 1.60. The predicted molar refractivity (Wildman–Crippen MR) is 75.5 cm³/mol. The standard InChI is InChI=1S/C15H25NO2/c1-4-11-17-14-7-9-15(10-8-14)18-13(5-2)12-16-6-3/h7-10,13,16H,4-6,11-12H2,1-3H3. The van der Waals surface area contributed by atoms with E-state index in [9.17, 15) is 0 Å². The summed E-state index contributed by atoms with van der Waals surface area (Å²) in [7, 11) is 0. The van der Waals surface area contributed by atoms with Crippen molar-refractivity contribution in [3.63, 3.8) is 0 Å². The van der Waals surface area contributed by atoms with Crippen LogP contribution in [0.15, 0.2) is 24.3 Å². The number of hydrogen-bond donors (Lipinski definition) is 1. The Bertz CT molecular complexity index is 311. The summed E-state index contributed by atoms with van der Waals surface area (Å²) in [6, 6.07) is 7.87. The van der Waals surface area contributed by atoms with Gasteiger partial charge >= 0.3 is 0 Å². The highest BCUT2D eigenvalue weighted by Crippen LogP contribution is 2.19. The van der Waals surface area contributed by atoms with E-state index >= 15 is 0 Å². The third kappa shape index (κ3) is 5.41. The zero-order chi connectivity index (χ0) is 13.2. The van der Waals surface area contributed by atoms with Crippen LogP contribution in [0.2, 0.25) is 0 Å². The van der Waals surface area contributed by atoms with Crippen molar-refractivity contribution < 1.29 is 9.47 Å². The van der Waals surface area contributed by atoms with Gasteiger partial charge in [0.25, 0.3) is 0 Å². The second-order valence-electron chi connectivity index (χ2n) is 4.28. The van der Waals surface area contributed by atoms with Gasteiger partial charge in [-0.05, 0) is 43.7 Å². The molecule has 1 N–H and O–H groups in total. The fraction of sp³-hybridized carbons (Fsp3) is 0.600. The topological polar surface area (TPSA) is 30.5 Å². The second-order valence-corrected chi connectivity index (χ2v) is 4.28. The summed E-state index contributed by atoms with van der Waals surface area (Å²) in [5.41, 5.74) is 0. The quantitative estimate of drug-likeness (QED) is 0.731. The number of benzene rings is 1. The molecule has 1 rings (SSSR count). The van der Waals surface area contributed by atoms with E-state index < -0.39 is 0 Å². The summed E-state index contributed by atoms with van der Waals surface area (Å²) in [6.45, 7) is 8.97. The van der Waals surface area contributed by atoms with Gasteiger partial charge in [-0.1, -0.05) is 20.8 Å². The molecule has 3 heteroatoms. The predicted octanol–water partition coefficient (Wildman–Crippen LogP) is 3.24. The van der Waals surface area contributed by atoms with Gasteiger partial charge in [-0.25, -0.2) is 0 Å². The van der Waals surface area contributed by atoms with Crippen LogP contribution in [-0.4, -0.2) is 25.8 Å². The maximum Gasteiger partial charge on any atom is 0.120 e. The Labute approximate surface area is 110 Å². The van der Waals surface area contributed by atoms with Gasteiger partial charge in [-0.2, -0.15) is 0 Å². The van der Waals surface area contributed by atoms with Gasteiger partial charge < -0.3 is 14.8 Å². The molecule has 0 aliphatic heterocycles. The number of likely N-dealkylation sites (N-methyl/N-ethyl adjacent to an activating group) is 1. The lowest BCUT2D eigenvalue weighted by molar-refractivity contribution is 0.194. The molecule has 0 spiro atoms. The first-order chi connectivity index (χ1) is 8.80. The molecule has 0 radical (unpaired) electrons. The van der Waals surface area contributed by atoms with Crippen molar-refractivity contribution in [2.75, 3.05) is 19.7 Å². The van der Waals surface area contributed by atoms with Crippen LogP contribution in [0, 0.1) is 0 Å². The summed E-state index contributed by atoms with van der Waals surface area (Å²) < 4.78 is 11.4. The molecule has 0 saturated heterocycles. The molecule has 1 atom stereocenters. The average Bonchev–Trinajstić information content (AvgIpc) is 2.42. The minimum atomic E-state index is 0.229. The molecule has 0 bridgehead atoms. The van der Waals surface area contributed by atoms with Gasteiger partial charge in [-0.3, -0.25) is 0 Å². The van der Waals surface area contributed by atoms with Crippen molar-refractivity contribution in [1.29, 1.82) is 0 Å². The molecule has 1 aromatic carbocycles. The second kappa shape index (κ2) is 8.81. The minimum Gasteiger partial charge on any atom is -0.494 e. The molecule has 1 unspecified atom stereocenters. The van der Waals surface area contributed by atoms with E-state index in [1.165, 1.54) is 0 Å². The monoisotopic (exact) mass is 251 g/mol. The third-order valence-electron chi connectivity index (χ3n) is 2.68. The Kier molecular flexibility index (Phi) is 7.26. The molecular weight excluding hydrogens is 226 g/mol. The maximum atomic E-state index is 5.91. The number of rotatable bonds is 9. The lowest BCUT2D eigenvalue weighted by atomic mass is 10.2. The highest BCUT2D eigenvalue weighted by atomic mass is 16.5. The van der Waals surface area contributed by atoms with Gasteiger partial charge in [0.05, 0.1) is 6.61 Å². The summed E-state index contributed by atoms with van der Waals surface area (Å²) in [4.78, 5) is 0. The van der Waals surface area contributed by atoms with E-state index in [1.807, 2.05) is 24.3 Å². The smallest absolute Gasteiger partial charge is 0.120 e. The van der Waals surface area contributed by atoms with Crippen molar-refractivity contribution in [3.05, 3.63) is 24.3 Å². The van der Waals surface area contributed by atoms with E-state index in [0.717, 1.165) is 44.0 Å². The Morgan fingerprint density at radius 2 is 1.72 bits per heavy atom. The van der Waals surface area contributed by atoms with Crippen LogP contribution in [-0.2, 0) is 0 Å². The molecule has 0 fully saturated rings. The van der Waals surface area contributed by atoms with Crippen LogP contribution in [0.4, 0.5) is 0 Å². The molecule has 0 aromatic heterocycles. The van der Waals surface area contributed by atoms with Crippen LogP contribution in [0.5, 0.6) is 11.5 Å². The summed E-state index contributed by atoms with van der Waals surface area (Å²) in [6.07, 6.45) is 2.26. The molecule has 0 aliphatic carbocycles. The Morgan fingerprint density at radius 3 is 2.28 bits per heavy atom. The molecule has 18 heavy (non-hydrogen) atoms. The van der Waals surface area contributed by atoms with E-state index in [1.54, 1.807) is 0 Å². The van der Waals surface area contributed by atoms with Crippen molar-refractivity contribution in [2.45, 2.75) is 39.7 Å². The van der Waals surface area contributed by atoms with Gasteiger partial charge in [0.15, 0.2) is 0 Å². The molecule has 0 aliphatic rings. The van der Waals surface area contributed by atoms with E-state index in [-0.39, 0.29) is 6.10 Å². The number of ether oxygens (including phenoxy) is 2. The van der Waals surface area contributed by atoms with E-state index in [4.69, 9.17) is 9.47 Å². The van der Waals surface area contributed by atoms with E-state index in [0.29, 0.717) is 0 Å². The van der Waals surface area contributed by atoms with Crippen LogP contribution in [0.25, 0.3) is 0 Å². The molecule has 0 saturated carbocycles. The summed E-state index contributed by atoms with van der Waals surface area (Å²) in [5.74, 6) is 1.81. The molecular formula is C15H25NO2. The van der Waals surface area contributed by atoms with Gasteiger partial charge in [0, 0.05) is 6.54 Å². The van der Waals surface area contributed by atoms with Crippen molar-refractivity contribution >= 4 is 0 Å². The average molecular weight is 251 g/mol. The van der Waals surface area contributed by atoms with Crippen LogP contribution in [0.3, 0.4) is 0 Å². The highest BCUT2D eigenvalue weighted by Gasteiger charge is 2.07. The SMILES string of the molecule is CCCOc1ccc(OC(CC)CNCC)cc1. The zero-order valence-corrected chi connectivity index (χ0v) is 11.7. The van der Waals surface area contributed by atoms with Crippen molar-refractivity contribution in [3.8, 4) is 11.5 Å². The lowest BCUT2D eigenvalue weighted by Gasteiger charge is -2.18. The molecule has 3 nitrogen and oxygen atoms in total. The lowest BCUT2D eigenvalue weighted by Crippen LogP contribution is -2.30.